The van der Waals surface area contributed by atoms with Crippen LogP contribution in [0.1, 0.15) is 10.4 Å². The zero-order valence-corrected chi connectivity index (χ0v) is 16.5. The first-order chi connectivity index (χ1) is 14.8. The van der Waals surface area contributed by atoms with Gasteiger partial charge in [0.25, 0.3) is 15.7 Å². The number of anilines is 1. The molecule has 1 heterocycles. The van der Waals surface area contributed by atoms with E-state index < -0.39 is 20.9 Å². The van der Waals surface area contributed by atoms with Gasteiger partial charge < -0.3 is 10.5 Å². The van der Waals surface area contributed by atoms with Crippen LogP contribution in [-0.2, 0) is 10.0 Å². The van der Waals surface area contributed by atoms with Gasteiger partial charge in [0.15, 0.2) is 0 Å². The van der Waals surface area contributed by atoms with Crippen molar-refractivity contribution in [2.45, 2.75) is 4.90 Å². The highest BCUT2D eigenvalue weighted by molar-refractivity contribution is 7.90. The van der Waals surface area contributed by atoms with Gasteiger partial charge in [0.1, 0.15) is 5.82 Å². The van der Waals surface area contributed by atoms with E-state index in [-0.39, 0.29) is 27.8 Å². The van der Waals surface area contributed by atoms with Crippen LogP contribution < -0.4 is 10.5 Å². The number of carbonyl (C=O) groups excluding carboxylic acids is 1. The van der Waals surface area contributed by atoms with Crippen molar-refractivity contribution in [1.29, 1.82) is 0 Å². The Morgan fingerprint density at radius 2 is 1.68 bits per heavy atom. The van der Waals surface area contributed by atoms with E-state index in [0.717, 1.165) is 29.0 Å². The molecule has 0 radical (unpaired) electrons. The van der Waals surface area contributed by atoms with E-state index >= 15 is 0 Å². The minimum absolute atomic E-state index is 0.0242. The third-order valence-corrected chi connectivity index (χ3v) is 6.04. The molecule has 2 N–H and O–H groups in total. The van der Waals surface area contributed by atoms with Gasteiger partial charge in [0.05, 0.1) is 15.4 Å². The summed E-state index contributed by atoms with van der Waals surface area (Å²) in [6.45, 7) is 0. The molecule has 3 aromatic carbocycles. The topological polar surface area (TPSA) is 147 Å². The fraction of sp³-hybridized carbons (Fsp3) is 0. The van der Waals surface area contributed by atoms with E-state index in [2.05, 4.69) is 5.10 Å². The van der Waals surface area contributed by atoms with Crippen molar-refractivity contribution in [2.75, 3.05) is 5.73 Å². The molecule has 0 amide bonds. The van der Waals surface area contributed by atoms with Gasteiger partial charge in [-0.3, -0.25) is 10.1 Å². The van der Waals surface area contributed by atoms with Crippen molar-refractivity contribution < 1.29 is 22.9 Å². The van der Waals surface area contributed by atoms with Crippen LogP contribution in [0.4, 0.5) is 11.5 Å². The standard InChI is InChI=1S/C20H14N4O6S/c21-18-12-19(30-20(25)14-5-8-16(9-6-14)24(26)27)22-23(18)31(28,29)17-10-7-13-3-1-2-4-15(13)11-17/h1-12H,21H2. The third kappa shape index (κ3) is 3.81. The van der Waals surface area contributed by atoms with Crippen LogP contribution >= 0.6 is 0 Å². The summed E-state index contributed by atoms with van der Waals surface area (Å²) >= 11 is 0. The van der Waals surface area contributed by atoms with Crippen LogP contribution in [-0.4, -0.2) is 28.5 Å². The molecule has 0 aliphatic carbocycles. The second-order valence-corrected chi connectivity index (χ2v) is 8.23. The molecule has 156 valence electrons. The molecule has 0 fully saturated rings. The third-order valence-electron chi connectivity index (χ3n) is 4.44. The number of carbonyl (C=O) groups is 1. The average Bonchev–Trinajstić information content (AvgIpc) is 3.14. The van der Waals surface area contributed by atoms with Gasteiger partial charge >= 0.3 is 5.97 Å². The summed E-state index contributed by atoms with van der Waals surface area (Å²) in [6.07, 6.45) is 0. The first kappa shape index (κ1) is 20.0. The molecular weight excluding hydrogens is 424 g/mol. The molecule has 1 aromatic heterocycles. The molecule has 4 rings (SSSR count). The van der Waals surface area contributed by atoms with Crippen LogP contribution in [0.5, 0.6) is 5.88 Å². The summed E-state index contributed by atoms with van der Waals surface area (Å²) in [4.78, 5) is 22.3. The predicted molar refractivity (Wildman–Crippen MR) is 111 cm³/mol. The van der Waals surface area contributed by atoms with E-state index in [1.807, 2.05) is 12.1 Å². The van der Waals surface area contributed by atoms with Gasteiger partial charge in [-0.1, -0.05) is 30.3 Å². The molecule has 0 unspecified atom stereocenters. The molecule has 0 spiro atoms. The Morgan fingerprint density at radius 3 is 2.35 bits per heavy atom. The smallest absolute Gasteiger partial charge is 0.344 e. The summed E-state index contributed by atoms with van der Waals surface area (Å²) in [5.41, 5.74) is 5.64. The number of benzene rings is 3. The van der Waals surface area contributed by atoms with Crippen LogP contribution in [0, 0.1) is 10.1 Å². The molecule has 0 aliphatic heterocycles. The zero-order valence-electron chi connectivity index (χ0n) is 15.7. The lowest BCUT2D eigenvalue weighted by atomic mass is 10.1. The monoisotopic (exact) mass is 438 g/mol. The summed E-state index contributed by atoms with van der Waals surface area (Å²) in [7, 11) is -4.14. The normalized spacial score (nSPS) is 11.4. The van der Waals surface area contributed by atoms with Crippen molar-refractivity contribution in [1.82, 2.24) is 9.19 Å². The maximum absolute atomic E-state index is 13.0. The van der Waals surface area contributed by atoms with Crippen LogP contribution in [0.3, 0.4) is 0 Å². The number of nitrogen functional groups attached to an aromatic ring is 1. The highest BCUT2D eigenvalue weighted by Crippen LogP contribution is 2.25. The molecular formula is C20H14N4O6S. The lowest BCUT2D eigenvalue weighted by Crippen LogP contribution is -2.17. The molecule has 0 saturated carbocycles. The highest BCUT2D eigenvalue weighted by atomic mass is 32.2. The van der Waals surface area contributed by atoms with Crippen molar-refractivity contribution in [3.05, 3.63) is 88.5 Å². The number of nitro benzene ring substituents is 1. The predicted octanol–water partition coefficient (Wildman–Crippen LogP) is 2.98. The maximum atomic E-state index is 13.0. The summed E-state index contributed by atoms with van der Waals surface area (Å²) in [5, 5.41) is 16.1. The lowest BCUT2D eigenvalue weighted by molar-refractivity contribution is -0.384. The fourth-order valence-electron chi connectivity index (χ4n) is 2.90. The Hall–Kier alpha value is -4.25. The molecule has 0 atom stereocenters. The Kier molecular flexibility index (Phi) is 4.87. The van der Waals surface area contributed by atoms with Crippen LogP contribution in [0.25, 0.3) is 10.8 Å². The van der Waals surface area contributed by atoms with Gasteiger partial charge in [-0.2, -0.15) is 8.42 Å². The number of hydrogen-bond acceptors (Lipinski definition) is 8. The number of hydrogen-bond donors (Lipinski definition) is 1. The van der Waals surface area contributed by atoms with Crippen LogP contribution in [0.15, 0.2) is 77.7 Å². The summed E-state index contributed by atoms with van der Waals surface area (Å²) in [6, 6.07) is 17.7. The number of non-ortho nitro benzene ring substituents is 1. The Labute approximate surface area is 175 Å². The van der Waals surface area contributed by atoms with Crippen molar-refractivity contribution >= 4 is 38.3 Å². The van der Waals surface area contributed by atoms with Gasteiger partial charge in [-0.05, 0) is 35.0 Å². The summed E-state index contributed by atoms with van der Waals surface area (Å²) in [5.74, 6) is -1.45. The number of rotatable bonds is 5. The summed E-state index contributed by atoms with van der Waals surface area (Å²) < 4.78 is 31.6. The molecule has 0 bridgehead atoms. The number of nitrogens with two attached hydrogens (primary N) is 1. The highest BCUT2D eigenvalue weighted by Gasteiger charge is 2.23. The number of fused-ring (bicyclic) bond motifs is 1. The Balaban J connectivity index is 1.61. The lowest BCUT2D eigenvalue weighted by Gasteiger charge is -2.07. The zero-order chi connectivity index (χ0) is 22.2. The van der Waals surface area contributed by atoms with Crippen LogP contribution in [0.2, 0.25) is 0 Å². The Bertz CT molecular complexity index is 1430. The van der Waals surface area contributed by atoms with Crippen molar-refractivity contribution in [3.8, 4) is 5.88 Å². The van der Waals surface area contributed by atoms with E-state index in [0.29, 0.717) is 4.09 Å². The number of nitrogens with zero attached hydrogens (tertiary/aromatic N) is 3. The molecule has 4 aromatic rings. The minimum Gasteiger partial charge on any atom is -0.402 e. The first-order valence-electron chi connectivity index (χ1n) is 8.82. The quantitative estimate of drug-likeness (QED) is 0.284. The van der Waals surface area contributed by atoms with E-state index in [1.54, 1.807) is 18.2 Å². The first-order valence-corrected chi connectivity index (χ1v) is 10.3. The second kappa shape index (κ2) is 7.54. The van der Waals surface area contributed by atoms with Crippen molar-refractivity contribution in [2.24, 2.45) is 0 Å². The van der Waals surface area contributed by atoms with Gasteiger partial charge in [-0.25, -0.2) is 4.79 Å². The SMILES string of the molecule is Nc1cc(OC(=O)c2ccc([N+](=O)[O-])cc2)nn1S(=O)(=O)c1ccc2ccccc2c1. The number of esters is 1. The number of nitro groups is 1. The van der Waals surface area contributed by atoms with E-state index in [4.69, 9.17) is 10.5 Å². The number of aromatic nitrogens is 2. The average molecular weight is 438 g/mol. The molecule has 0 saturated heterocycles. The van der Waals surface area contributed by atoms with Gasteiger partial charge in [0.2, 0.25) is 5.88 Å². The maximum Gasteiger partial charge on any atom is 0.344 e. The minimum atomic E-state index is -4.14. The van der Waals surface area contributed by atoms with Crippen molar-refractivity contribution in [3.63, 3.8) is 0 Å². The second-order valence-electron chi connectivity index (χ2n) is 6.46. The van der Waals surface area contributed by atoms with Gasteiger partial charge in [0, 0.05) is 18.2 Å². The van der Waals surface area contributed by atoms with E-state index in [9.17, 15) is 23.3 Å². The molecule has 11 heteroatoms. The molecule has 31 heavy (non-hydrogen) atoms. The fourth-order valence-corrected chi connectivity index (χ4v) is 4.13. The molecule has 0 aliphatic rings. The largest absolute Gasteiger partial charge is 0.402 e. The number of ether oxygens (including phenoxy) is 1. The van der Waals surface area contributed by atoms with E-state index in [1.165, 1.54) is 24.3 Å². The Morgan fingerprint density at radius 1 is 1.00 bits per heavy atom. The van der Waals surface area contributed by atoms with Gasteiger partial charge in [-0.15, -0.1) is 9.19 Å². The molecule has 10 nitrogen and oxygen atoms in total.